The van der Waals surface area contributed by atoms with Crippen molar-refractivity contribution in [3.8, 4) is 44.5 Å². The summed E-state index contributed by atoms with van der Waals surface area (Å²) in [7, 11) is 0. The fraction of sp³-hybridized carbons (Fsp3) is 0.118. The Balaban J connectivity index is 1.26. The van der Waals surface area contributed by atoms with Crippen LogP contribution in [0.4, 0.5) is 4.79 Å². The van der Waals surface area contributed by atoms with Crippen LogP contribution in [0.5, 0.6) is 0 Å². The smallest absolute Gasteiger partial charge is 0.407 e. The van der Waals surface area contributed by atoms with Crippen LogP contribution in [0, 0.1) is 0 Å². The Bertz CT molecular complexity index is 2850. The van der Waals surface area contributed by atoms with Crippen LogP contribution in [0.3, 0.4) is 0 Å². The zero-order valence-corrected chi connectivity index (χ0v) is 33.9. The van der Waals surface area contributed by atoms with Crippen molar-refractivity contribution < 1.29 is 9.53 Å². The summed E-state index contributed by atoms with van der Waals surface area (Å²) in [5.74, 6) is 0.710. The van der Waals surface area contributed by atoms with Gasteiger partial charge >= 0.3 is 6.09 Å². The number of nitrogens with one attached hydrogen (secondary N) is 3. The Morgan fingerprint density at radius 2 is 0.881 bits per heavy atom. The van der Waals surface area contributed by atoms with Crippen molar-refractivity contribution in [2.24, 2.45) is 0 Å². The molecule has 5 heterocycles. The first-order valence-corrected chi connectivity index (χ1v) is 20.8. The van der Waals surface area contributed by atoms with E-state index in [-0.39, 0.29) is 0 Å². The van der Waals surface area contributed by atoms with Crippen LogP contribution in [0.25, 0.3) is 90.9 Å². The Morgan fingerprint density at radius 3 is 1.24 bits per heavy atom. The number of thioether (sulfide) groups is 1. The summed E-state index contributed by atoms with van der Waals surface area (Å²) < 4.78 is 5.39. The summed E-state index contributed by atoms with van der Waals surface area (Å²) in [6.45, 7) is 6.08. The normalized spacial score (nSPS) is 12.1. The largest absolute Gasteiger partial charge is 0.444 e. The molecule has 2 aliphatic heterocycles. The SMILES string of the molecule is CC(C)(C)OC(=O)NCCSc1ccc(-c2c3nc(c(-c4ccccc4)c4ccc([nH]4)c(-c4ccccc4)c4nc(c(-c5ccccc5)c5ccc2[nH]5)C=C4)C=C3)cc1. The molecular formula is C51H43N5O2S. The molecule has 0 saturated carbocycles. The average Bonchev–Trinajstić information content (AvgIpc) is 4.09. The quantitative estimate of drug-likeness (QED) is 0.105. The first-order chi connectivity index (χ1) is 28.8. The van der Waals surface area contributed by atoms with Gasteiger partial charge in [-0.15, -0.1) is 11.8 Å². The molecule has 3 N–H and O–H groups in total. The number of nitrogens with zero attached hydrogens (tertiary/aromatic N) is 2. The number of aromatic amines is 2. The third kappa shape index (κ3) is 8.13. The monoisotopic (exact) mass is 789 g/mol. The van der Waals surface area contributed by atoms with Gasteiger partial charge in [-0.25, -0.2) is 14.8 Å². The van der Waals surface area contributed by atoms with Gasteiger partial charge in [0.25, 0.3) is 0 Å². The summed E-state index contributed by atoms with van der Waals surface area (Å²) in [4.78, 5) is 31.7. The molecule has 1 amide bonds. The molecule has 9 rings (SSSR count). The van der Waals surface area contributed by atoms with Gasteiger partial charge in [0.1, 0.15) is 5.60 Å². The molecule has 8 heteroatoms. The minimum atomic E-state index is -0.532. The molecule has 3 aromatic heterocycles. The molecule has 0 fully saturated rings. The maximum absolute atomic E-state index is 12.2. The third-order valence-corrected chi connectivity index (χ3v) is 11.1. The van der Waals surface area contributed by atoms with E-state index in [9.17, 15) is 4.79 Å². The molecule has 0 aliphatic carbocycles. The van der Waals surface area contributed by atoms with Crippen molar-refractivity contribution in [2.75, 3.05) is 12.3 Å². The van der Waals surface area contributed by atoms with E-state index in [1.807, 2.05) is 39.0 Å². The van der Waals surface area contributed by atoms with Crippen LogP contribution in [-0.2, 0) is 4.74 Å². The fourth-order valence-corrected chi connectivity index (χ4v) is 8.36. The van der Waals surface area contributed by atoms with Gasteiger partial charge in [0.15, 0.2) is 0 Å². The number of carbonyl (C=O) groups excluding carboxylic acids is 1. The lowest BCUT2D eigenvalue weighted by Crippen LogP contribution is -2.33. The second kappa shape index (κ2) is 16.2. The topological polar surface area (TPSA) is 95.7 Å². The van der Waals surface area contributed by atoms with Gasteiger partial charge in [0.2, 0.25) is 0 Å². The Morgan fingerprint density at radius 1 is 0.525 bits per heavy atom. The van der Waals surface area contributed by atoms with E-state index in [0.29, 0.717) is 12.3 Å². The van der Waals surface area contributed by atoms with Crippen molar-refractivity contribution in [3.05, 3.63) is 162 Å². The maximum Gasteiger partial charge on any atom is 0.407 e. The zero-order valence-electron chi connectivity index (χ0n) is 33.1. The second-order valence-corrected chi connectivity index (χ2v) is 16.6. The highest BCUT2D eigenvalue weighted by atomic mass is 32.2. The molecule has 7 aromatic rings. The molecule has 0 saturated heterocycles. The highest BCUT2D eigenvalue weighted by molar-refractivity contribution is 7.99. The molecule has 8 bridgehead atoms. The van der Waals surface area contributed by atoms with Gasteiger partial charge in [-0.3, -0.25) is 0 Å². The number of alkyl carbamates (subject to hydrolysis) is 1. The lowest BCUT2D eigenvalue weighted by molar-refractivity contribution is 0.0531. The number of hydrogen-bond acceptors (Lipinski definition) is 5. The minimum absolute atomic E-state index is 0.404. The molecule has 290 valence electrons. The van der Waals surface area contributed by atoms with E-state index in [4.69, 9.17) is 14.7 Å². The summed E-state index contributed by atoms with van der Waals surface area (Å²) in [5.41, 5.74) is 15.0. The standard InChI is InChI=1S/C51H43N5O2S/c1-51(2,3)58-50(57)52-31-32-59-37-21-19-36(20-22-37)49-44-29-27-42(55-44)47(34-15-9-5-10-16-34)40-25-23-38(53-40)46(33-13-7-4-8-14-33)39-24-26-41(54-39)48(35-17-11-6-12-18-35)43-28-30-45(49)56-43/h4-30,53,56H,31-32H2,1-3H3,(H,52,57). The summed E-state index contributed by atoms with van der Waals surface area (Å²) >= 11 is 1.68. The predicted octanol–water partition coefficient (Wildman–Crippen LogP) is 12.9. The lowest BCUT2D eigenvalue weighted by Gasteiger charge is -2.19. The lowest BCUT2D eigenvalue weighted by atomic mass is 10.0. The molecule has 4 aromatic carbocycles. The number of amides is 1. The molecule has 0 unspecified atom stereocenters. The first-order valence-electron chi connectivity index (χ1n) is 19.8. The number of ether oxygens (including phenoxy) is 1. The number of benzene rings is 4. The first kappa shape index (κ1) is 37.7. The van der Waals surface area contributed by atoms with Crippen molar-refractivity contribution in [2.45, 2.75) is 31.3 Å². The van der Waals surface area contributed by atoms with Crippen molar-refractivity contribution >= 4 is 64.2 Å². The van der Waals surface area contributed by atoms with Crippen LogP contribution in [-0.4, -0.2) is 43.9 Å². The highest BCUT2D eigenvalue weighted by Gasteiger charge is 2.19. The third-order valence-electron chi connectivity index (χ3n) is 10.1. The zero-order chi connectivity index (χ0) is 40.3. The average molecular weight is 790 g/mol. The molecule has 0 radical (unpaired) electrons. The fourth-order valence-electron chi connectivity index (χ4n) is 7.59. The number of hydrogen-bond donors (Lipinski definition) is 3. The molecule has 59 heavy (non-hydrogen) atoms. The van der Waals surface area contributed by atoms with E-state index < -0.39 is 11.7 Å². The maximum atomic E-state index is 12.2. The summed E-state index contributed by atoms with van der Waals surface area (Å²) in [6.07, 6.45) is 8.09. The van der Waals surface area contributed by atoms with Gasteiger partial charge in [-0.1, -0.05) is 103 Å². The van der Waals surface area contributed by atoms with Gasteiger partial charge in [-0.2, -0.15) is 0 Å². The summed E-state index contributed by atoms with van der Waals surface area (Å²) in [5, 5.41) is 2.85. The van der Waals surface area contributed by atoms with E-state index in [2.05, 4.69) is 161 Å². The van der Waals surface area contributed by atoms with E-state index in [0.717, 1.165) is 94.2 Å². The van der Waals surface area contributed by atoms with Crippen molar-refractivity contribution in [1.29, 1.82) is 0 Å². The van der Waals surface area contributed by atoms with Gasteiger partial charge < -0.3 is 20.0 Å². The van der Waals surface area contributed by atoms with E-state index in [1.54, 1.807) is 11.8 Å². The molecular weight excluding hydrogens is 747 g/mol. The number of fused-ring (bicyclic) bond motifs is 8. The van der Waals surface area contributed by atoms with E-state index in [1.165, 1.54) is 0 Å². The predicted molar refractivity (Wildman–Crippen MR) is 246 cm³/mol. The van der Waals surface area contributed by atoms with Crippen LogP contribution in [0.15, 0.2) is 144 Å². The van der Waals surface area contributed by atoms with Crippen molar-refractivity contribution in [3.63, 3.8) is 0 Å². The number of carbonyl (C=O) groups is 1. The number of aromatic nitrogens is 4. The Labute approximate surface area is 348 Å². The molecule has 7 nitrogen and oxygen atoms in total. The van der Waals surface area contributed by atoms with Crippen LogP contribution < -0.4 is 5.32 Å². The Hall–Kier alpha value is -6.90. The highest BCUT2D eigenvalue weighted by Crippen LogP contribution is 2.38. The van der Waals surface area contributed by atoms with Gasteiger partial charge in [0.05, 0.1) is 22.8 Å². The van der Waals surface area contributed by atoms with Crippen LogP contribution in [0.1, 0.15) is 43.5 Å². The van der Waals surface area contributed by atoms with Crippen LogP contribution in [0.2, 0.25) is 0 Å². The minimum Gasteiger partial charge on any atom is -0.444 e. The Kier molecular flexibility index (Phi) is 10.3. The van der Waals surface area contributed by atoms with Crippen molar-refractivity contribution in [1.82, 2.24) is 25.3 Å². The van der Waals surface area contributed by atoms with Gasteiger partial charge in [-0.05, 0) is 104 Å². The number of H-pyrrole nitrogens is 2. The number of rotatable bonds is 8. The molecule has 2 aliphatic rings. The van der Waals surface area contributed by atoms with Crippen LogP contribution >= 0.6 is 11.8 Å². The van der Waals surface area contributed by atoms with E-state index >= 15 is 0 Å². The summed E-state index contributed by atoms with van der Waals surface area (Å²) in [6, 6.07) is 48.5. The second-order valence-electron chi connectivity index (χ2n) is 15.4. The molecule has 0 atom stereocenters. The van der Waals surface area contributed by atoms with Gasteiger partial charge in [0, 0.05) is 61.5 Å². The molecule has 0 spiro atoms.